The molecule has 1 aliphatic heterocycles. The second kappa shape index (κ2) is 9.75. The third-order valence-electron chi connectivity index (χ3n) is 1.75. The summed E-state index contributed by atoms with van der Waals surface area (Å²) >= 11 is 0. The zero-order chi connectivity index (χ0) is 9.94. The fourth-order valence-corrected chi connectivity index (χ4v) is 0.996. The number of unbranched alkanes of at least 4 members (excludes halogenated alkanes) is 2. The van der Waals surface area contributed by atoms with E-state index in [1.54, 1.807) is 6.08 Å². The van der Waals surface area contributed by atoms with E-state index in [9.17, 15) is 0 Å². The van der Waals surface area contributed by atoms with Crippen molar-refractivity contribution >= 4 is 0 Å². The predicted octanol–water partition coefficient (Wildman–Crippen LogP) is 3.13. The van der Waals surface area contributed by atoms with Crippen LogP contribution in [0.3, 0.4) is 0 Å². The van der Waals surface area contributed by atoms with Gasteiger partial charge in [0.1, 0.15) is 0 Å². The first kappa shape index (κ1) is 12.7. The molecule has 0 spiro atoms. The lowest BCUT2D eigenvalue weighted by atomic mass is 10.3. The van der Waals surface area contributed by atoms with Gasteiger partial charge in [0.15, 0.2) is 6.29 Å². The molecule has 2 nitrogen and oxygen atoms in total. The van der Waals surface area contributed by atoms with E-state index in [1.807, 2.05) is 0 Å². The second-order valence-electron chi connectivity index (χ2n) is 3.05. The molecule has 0 atom stereocenters. The quantitative estimate of drug-likeness (QED) is 0.630. The lowest BCUT2D eigenvalue weighted by Crippen LogP contribution is -2.22. The first-order chi connectivity index (χ1) is 6.35. The molecular weight excluding hydrogens is 164 g/mol. The fourth-order valence-electron chi connectivity index (χ4n) is 0.996. The Kier molecular flexibility index (Phi) is 9.49. The van der Waals surface area contributed by atoms with Crippen molar-refractivity contribution in [1.29, 1.82) is 0 Å². The van der Waals surface area contributed by atoms with Gasteiger partial charge in [-0.15, -0.1) is 0 Å². The molecule has 0 N–H and O–H groups in total. The molecule has 0 aromatic heterocycles. The zero-order valence-electron chi connectivity index (χ0n) is 8.92. The Hall–Kier alpha value is -0.340. The van der Waals surface area contributed by atoms with Crippen LogP contribution in [0.25, 0.3) is 0 Å². The molecule has 13 heavy (non-hydrogen) atoms. The lowest BCUT2D eigenvalue weighted by Gasteiger charge is -2.19. The SMILES string of the molecule is C=CC1OCCCO1.CCCCC. The highest BCUT2D eigenvalue weighted by Gasteiger charge is 2.07. The molecular formula is C11H22O2. The Morgan fingerprint density at radius 2 is 1.77 bits per heavy atom. The Bertz CT molecular complexity index is 105. The van der Waals surface area contributed by atoms with Crippen molar-refractivity contribution in [3.8, 4) is 0 Å². The molecule has 1 aliphatic rings. The molecule has 78 valence electrons. The minimum atomic E-state index is -0.149. The Morgan fingerprint density at radius 1 is 1.23 bits per heavy atom. The Morgan fingerprint density at radius 3 is 2.00 bits per heavy atom. The van der Waals surface area contributed by atoms with Crippen LogP contribution in [0.1, 0.15) is 39.5 Å². The van der Waals surface area contributed by atoms with Crippen molar-refractivity contribution in [1.82, 2.24) is 0 Å². The van der Waals surface area contributed by atoms with Crippen LogP contribution in [0, 0.1) is 0 Å². The lowest BCUT2D eigenvalue weighted by molar-refractivity contribution is -0.149. The van der Waals surface area contributed by atoms with Gasteiger partial charge < -0.3 is 9.47 Å². The molecule has 0 unspecified atom stereocenters. The van der Waals surface area contributed by atoms with Crippen molar-refractivity contribution in [3.05, 3.63) is 12.7 Å². The van der Waals surface area contributed by atoms with Gasteiger partial charge in [-0.1, -0.05) is 39.7 Å². The normalized spacial score (nSPS) is 17.4. The molecule has 0 bridgehead atoms. The van der Waals surface area contributed by atoms with Gasteiger partial charge in [-0.05, 0) is 12.5 Å². The molecule has 0 saturated carbocycles. The summed E-state index contributed by atoms with van der Waals surface area (Å²) in [4.78, 5) is 0. The van der Waals surface area contributed by atoms with Gasteiger partial charge in [-0.2, -0.15) is 0 Å². The average molecular weight is 186 g/mol. The molecule has 0 amide bonds. The molecule has 1 rings (SSSR count). The topological polar surface area (TPSA) is 18.5 Å². The van der Waals surface area contributed by atoms with Crippen LogP contribution >= 0.6 is 0 Å². The summed E-state index contributed by atoms with van der Waals surface area (Å²) in [6.07, 6.45) is 6.60. The predicted molar refractivity (Wildman–Crippen MR) is 55.7 cm³/mol. The third-order valence-corrected chi connectivity index (χ3v) is 1.75. The Labute approximate surface area is 81.9 Å². The molecule has 1 fully saturated rings. The minimum absolute atomic E-state index is 0.149. The maximum absolute atomic E-state index is 5.09. The van der Waals surface area contributed by atoms with E-state index < -0.39 is 0 Å². The van der Waals surface area contributed by atoms with Gasteiger partial charge in [-0.3, -0.25) is 0 Å². The van der Waals surface area contributed by atoms with Crippen molar-refractivity contribution in [3.63, 3.8) is 0 Å². The summed E-state index contributed by atoms with van der Waals surface area (Å²) in [6, 6.07) is 0. The van der Waals surface area contributed by atoms with Crippen LogP contribution in [0.5, 0.6) is 0 Å². The zero-order valence-corrected chi connectivity index (χ0v) is 8.92. The summed E-state index contributed by atoms with van der Waals surface area (Å²) in [5, 5.41) is 0. The molecule has 0 radical (unpaired) electrons. The van der Waals surface area contributed by atoms with E-state index >= 15 is 0 Å². The fraction of sp³-hybridized carbons (Fsp3) is 0.818. The van der Waals surface area contributed by atoms with Crippen LogP contribution in [-0.2, 0) is 9.47 Å². The highest BCUT2D eigenvalue weighted by molar-refractivity contribution is 4.73. The first-order valence-electron chi connectivity index (χ1n) is 5.20. The first-order valence-corrected chi connectivity index (χ1v) is 5.20. The van der Waals surface area contributed by atoms with Gasteiger partial charge in [0.05, 0.1) is 13.2 Å². The number of rotatable bonds is 3. The summed E-state index contributed by atoms with van der Waals surface area (Å²) < 4.78 is 10.2. The van der Waals surface area contributed by atoms with Crippen molar-refractivity contribution in [2.24, 2.45) is 0 Å². The average Bonchev–Trinajstić information content (AvgIpc) is 2.21. The van der Waals surface area contributed by atoms with E-state index in [0.29, 0.717) is 0 Å². The molecule has 1 heterocycles. The Balaban J connectivity index is 0.000000252. The summed E-state index contributed by atoms with van der Waals surface area (Å²) in [5.74, 6) is 0. The van der Waals surface area contributed by atoms with Crippen LogP contribution < -0.4 is 0 Å². The molecule has 0 aliphatic carbocycles. The van der Waals surface area contributed by atoms with Crippen LogP contribution in [0.4, 0.5) is 0 Å². The monoisotopic (exact) mass is 186 g/mol. The van der Waals surface area contributed by atoms with E-state index in [-0.39, 0.29) is 6.29 Å². The largest absolute Gasteiger partial charge is 0.349 e. The number of hydrogen-bond donors (Lipinski definition) is 0. The summed E-state index contributed by atoms with van der Waals surface area (Å²) in [5.41, 5.74) is 0. The van der Waals surface area contributed by atoms with E-state index in [0.717, 1.165) is 19.6 Å². The second-order valence-corrected chi connectivity index (χ2v) is 3.05. The standard InChI is InChI=1S/C6H10O2.C5H12/c1-2-6-7-4-3-5-8-6;1-3-5-4-2/h2,6H,1,3-5H2;3-5H2,1-2H3. The highest BCUT2D eigenvalue weighted by Crippen LogP contribution is 2.03. The maximum atomic E-state index is 5.09. The molecule has 2 heteroatoms. The smallest absolute Gasteiger partial charge is 0.176 e. The minimum Gasteiger partial charge on any atom is -0.349 e. The van der Waals surface area contributed by atoms with Crippen LogP contribution in [-0.4, -0.2) is 19.5 Å². The van der Waals surface area contributed by atoms with Gasteiger partial charge in [0, 0.05) is 0 Å². The van der Waals surface area contributed by atoms with E-state index in [1.165, 1.54) is 19.3 Å². The van der Waals surface area contributed by atoms with Crippen molar-refractivity contribution in [2.75, 3.05) is 13.2 Å². The molecule has 1 saturated heterocycles. The highest BCUT2D eigenvalue weighted by atomic mass is 16.7. The number of hydrogen-bond acceptors (Lipinski definition) is 2. The third kappa shape index (κ3) is 8.00. The molecule has 0 aromatic carbocycles. The molecule has 0 aromatic rings. The van der Waals surface area contributed by atoms with Gasteiger partial charge >= 0.3 is 0 Å². The van der Waals surface area contributed by atoms with Gasteiger partial charge in [0.2, 0.25) is 0 Å². The maximum Gasteiger partial charge on any atom is 0.176 e. The number of ether oxygens (including phenoxy) is 2. The van der Waals surface area contributed by atoms with Crippen molar-refractivity contribution in [2.45, 2.75) is 45.8 Å². The summed E-state index contributed by atoms with van der Waals surface area (Å²) in [7, 11) is 0. The van der Waals surface area contributed by atoms with Crippen LogP contribution in [0.15, 0.2) is 12.7 Å². The van der Waals surface area contributed by atoms with Gasteiger partial charge in [0.25, 0.3) is 0 Å². The van der Waals surface area contributed by atoms with E-state index in [4.69, 9.17) is 9.47 Å². The van der Waals surface area contributed by atoms with Crippen molar-refractivity contribution < 1.29 is 9.47 Å². The summed E-state index contributed by atoms with van der Waals surface area (Å²) in [6.45, 7) is 9.56. The van der Waals surface area contributed by atoms with E-state index in [2.05, 4.69) is 20.4 Å². The van der Waals surface area contributed by atoms with Gasteiger partial charge in [-0.25, -0.2) is 0 Å². The van der Waals surface area contributed by atoms with Crippen LogP contribution in [0.2, 0.25) is 0 Å².